The molecule has 0 saturated heterocycles. The zero-order valence-corrected chi connectivity index (χ0v) is 15.0. The van der Waals surface area contributed by atoms with Gasteiger partial charge in [-0.1, -0.05) is 72.4 Å². The smallest absolute Gasteiger partial charge is 0.0412 e. The Bertz CT molecular complexity index is 427. The van der Waals surface area contributed by atoms with E-state index in [0.29, 0.717) is 0 Å². The van der Waals surface area contributed by atoms with E-state index < -0.39 is 0 Å². The van der Waals surface area contributed by atoms with Crippen molar-refractivity contribution in [2.75, 3.05) is 7.05 Å². The average molecular weight is 275 g/mol. The van der Waals surface area contributed by atoms with E-state index >= 15 is 0 Å². The van der Waals surface area contributed by atoms with Gasteiger partial charge in [-0.15, -0.1) is 0 Å². The SMILES string of the molecule is C=C1c2ccccc2C(C)=C(C)N1C.CC.CC.CC. The molecule has 0 N–H and O–H groups in total. The maximum Gasteiger partial charge on any atom is 0.0412 e. The van der Waals surface area contributed by atoms with Crippen LogP contribution in [0.15, 0.2) is 36.5 Å². The van der Waals surface area contributed by atoms with Crippen LogP contribution >= 0.6 is 0 Å². The molecule has 0 aromatic heterocycles. The number of nitrogens with zero attached hydrogens (tertiary/aromatic N) is 1. The van der Waals surface area contributed by atoms with Gasteiger partial charge in [0.05, 0.1) is 0 Å². The minimum atomic E-state index is 1.09. The Morgan fingerprint density at radius 3 is 1.65 bits per heavy atom. The lowest BCUT2D eigenvalue weighted by molar-refractivity contribution is 0.595. The molecule has 1 heterocycles. The van der Waals surface area contributed by atoms with Crippen LogP contribution in [0.2, 0.25) is 0 Å². The zero-order valence-electron chi connectivity index (χ0n) is 15.0. The van der Waals surface area contributed by atoms with Gasteiger partial charge >= 0.3 is 0 Å². The summed E-state index contributed by atoms with van der Waals surface area (Å²) < 4.78 is 0. The molecular weight excluding hydrogens is 242 g/mol. The minimum absolute atomic E-state index is 1.09. The summed E-state index contributed by atoms with van der Waals surface area (Å²) in [7, 11) is 2.07. The quantitative estimate of drug-likeness (QED) is 0.527. The van der Waals surface area contributed by atoms with Crippen LogP contribution in [0.1, 0.15) is 66.5 Å². The molecule has 1 aliphatic rings. The van der Waals surface area contributed by atoms with E-state index in [4.69, 9.17) is 0 Å². The summed E-state index contributed by atoms with van der Waals surface area (Å²) in [6.45, 7) is 20.4. The first-order chi connectivity index (χ1) is 9.63. The highest BCUT2D eigenvalue weighted by Crippen LogP contribution is 2.35. The van der Waals surface area contributed by atoms with Crippen molar-refractivity contribution in [3.8, 4) is 0 Å². The molecule has 2 rings (SSSR count). The van der Waals surface area contributed by atoms with E-state index in [1.807, 2.05) is 41.5 Å². The Balaban J connectivity index is 0. The molecule has 0 amide bonds. The Morgan fingerprint density at radius 1 is 0.800 bits per heavy atom. The maximum atomic E-state index is 4.11. The fourth-order valence-electron chi connectivity index (χ4n) is 1.89. The topological polar surface area (TPSA) is 3.24 Å². The molecule has 0 spiro atoms. The second-order valence-corrected chi connectivity index (χ2v) is 3.76. The van der Waals surface area contributed by atoms with E-state index in [-0.39, 0.29) is 0 Å². The number of benzene rings is 1. The van der Waals surface area contributed by atoms with E-state index in [2.05, 4.69) is 56.6 Å². The summed E-state index contributed by atoms with van der Waals surface area (Å²) in [6, 6.07) is 8.43. The first-order valence-electron chi connectivity index (χ1n) is 7.83. The van der Waals surface area contributed by atoms with E-state index in [0.717, 1.165) is 5.70 Å². The van der Waals surface area contributed by atoms with Crippen LogP contribution in [-0.2, 0) is 0 Å². The molecule has 0 radical (unpaired) electrons. The highest BCUT2D eigenvalue weighted by atomic mass is 15.1. The van der Waals surface area contributed by atoms with Crippen LogP contribution in [0, 0.1) is 0 Å². The molecule has 1 aromatic carbocycles. The minimum Gasteiger partial charge on any atom is -0.348 e. The predicted octanol–water partition coefficient (Wildman–Crippen LogP) is 6.43. The zero-order chi connectivity index (χ0) is 16.3. The highest BCUT2D eigenvalue weighted by Gasteiger charge is 2.19. The molecule has 0 unspecified atom stereocenters. The molecular formula is C19H33N. The molecule has 114 valence electrons. The van der Waals surface area contributed by atoms with Gasteiger partial charge in [0, 0.05) is 24.0 Å². The Hall–Kier alpha value is -1.50. The van der Waals surface area contributed by atoms with Gasteiger partial charge in [-0.25, -0.2) is 0 Å². The van der Waals surface area contributed by atoms with Crippen molar-refractivity contribution in [3.63, 3.8) is 0 Å². The van der Waals surface area contributed by atoms with Crippen LogP contribution in [0.5, 0.6) is 0 Å². The summed E-state index contributed by atoms with van der Waals surface area (Å²) in [5.74, 6) is 0. The Morgan fingerprint density at radius 2 is 1.20 bits per heavy atom. The lowest BCUT2D eigenvalue weighted by atomic mass is 9.93. The summed E-state index contributed by atoms with van der Waals surface area (Å²) in [5, 5.41) is 0. The van der Waals surface area contributed by atoms with E-state index in [1.165, 1.54) is 22.4 Å². The van der Waals surface area contributed by atoms with Crippen molar-refractivity contribution in [1.82, 2.24) is 4.90 Å². The molecule has 0 saturated carbocycles. The van der Waals surface area contributed by atoms with Gasteiger partial charge < -0.3 is 4.90 Å². The molecule has 1 aromatic rings. The number of allylic oxidation sites excluding steroid dienone is 2. The third-order valence-electron chi connectivity index (χ3n) is 3.09. The van der Waals surface area contributed by atoms with Gasteiger partial charge in [-0.3, -0.25) is 0 Å². The molecule has 1 aliphatic heterocycles. The van der Waals surface area contributed by atoms with Crippen LogP contribution < -0.4 is 0 Å². The standard InChI is InChI=1S/C13H15N.3C2H6/c1-9-10(2)14(4)11(3)13-8-6-5-7-12(9)13;3*1-2/h5-8H,3H2,1-2,4H3;3*1-2H3. The van der Waals surface area contributed by atoms with Gasteiger partial charge in [0.15, 0.2) is 0 Å². The van der Waals surface area contributed by atoms with Crippen LogP contribution in [0.4, 0.5) is 0 Å². The Kier molecular flexibility index (Phi) is 11.8. The largest absolute Gasteiger partial charge is 0.348 e. The third kappa shape index (κ3) is 4.56. The molecule has 0 fully saturated rings. The summed E-state index contributed by atoms with van der Waals surface area (Å²) in [6.07, 6.45) is 0. The molecule has 0 bridgehead atoms. The van der Waals surface area contributed by atoms with Gasteiger partial charge in [0.1, 0.15) is 0 Å². The van der Waals surface area contributed by atoms with Crippen molar-refractivity contribution >= 4 is 11.3 Å². The fourth-order valence-corrected chi connectivity index (χ4v) is 1.89. The summed E-state index contributed by atoms with van der Waals surface area (Å²) in [5.41, 5.74) is 6.28. The second-order valence-electron chi connectivity index (χ2n) is 3.76. The normalized spacial score (nSPS) is 12.1. The number of hydrogen-bond donors (Lipinski definition) is 0. The fraction of sp³-hybridized carbons (Fsp3) is 0.474. The van der Waals surface area contributed by atoms with E-state index in [1.54, 1.807) is 0 Å². The second kappa shape index (κ2) is 11.3. The number of rotatable bonds is 0. The average Bonchev–Trinajstić information content (AvgIpc) is 2.56. The number of fused-ring (bicyclic) bond motifs is 1. The lowest BCUT2D eigenvalue weighted by Crippen LogP contribution is -2.19. The predicted molar refractivity (Wildman–Crippen MR) is 95.6 cm³/mol. The van der Waals surface area contributed by atoms with Crippen molar-refractivity contribution in [2.45, 2.75) is 55.4 Å². The van der Waals surface area contributed by atoms with Gasteiger partial charge in [0.25, 0.3) is 0 Å². The maximum absolute atomic E-state index is 4.11. The van der Waals surface area contributed by atoms with E-state index in [9.17, 15) is 0 Å². The van der Waals surface area contributed by atoms with Crippen LogP contribution in [-0.4, -0.2) is 11.9 Å². The van der Waals surface area contributed by atoms with Crippen molar-refractivity contribution in [3.05, 3.63) is 47.7 Å². The third-order valence-corrected chi connectivity index (χ3v) is 3.09. The molecule has 0 aliphatic carbocycles. The summed E-state index contributed by atoms with van der Waals surface area (Å²) in [4.78, 5) is 2.15. The molecule has 1 nitrogen and oxygen atoms in total. The van der Waals surface area contributed by atoms with Crippen LogP contribution in [0.3, 0.4) is 0 Å². The first kappa shape index (κ1) is 20.8. The molecule has 20 heavy (non-hydrogen) atoms. The molecule has 1 heteroatoms. The monoisotopic (exact) mass is 275 g/mol. The number of hydrogen-bond acceptors (Lipinski definition) is 1. The van der Waals surface area contributed by atoms with Crippen molar-refractivity contribution in [1.29, 1.82) is 0 Å². The van der Waals surface area contributed by atoms with Gasteiger partial charge in [-0.2, -0.15) is 0 Å². The van der Waals surface area contributed by atoms with Crippen molar-refractivity contribution in [2.24, 2.45) is 0 Å². The Labute approximate surface area is 127 Å². The highest BCUT2D eigenvalue weighted by molar-refractivity contribution is 5.83. The molecule has 0 atom stereocenters. The van der Waals surface area contributed by atoms with Crippen molar-refractivity contribution < 1.29 is 0 Å². The van der Waals surface area contributed by atoms with Crippen LogP contribution in [0.25, 0.3) is 11.3 Å². The van der Waals surface area contributed by atoms with Gasteiger partial charge in [0.2, 0.25) is 0 Å². The lowest BCUT2D eigenvalue weighted by Gasteiger charge is -2.31. The first-order valence-corrected chi connectivity index (χ1v) is 7.83. The van der Waals surface area contributed by atoms with Gasteiger partial charge in [-0.05, 0) is 25.0 Å². The summed E-state index contributed by atoms with van der Waals surface area (Å²) >= 11 is 0.